The number of benzene rings is 1. The predicted octanol–water partition coefficient (Wildman–Crippen LogP) is 5.35. The van der Waals surface area contributed by atoms with Gasteiger partial charge in [-0.05, 0) is 63.5 Å². The Bertz CT molecular complexity index is 559. The maximum Gasteiger partial charge on any atom is 0.306 e. The van der Waals surface area contributed by atoms with Gasteiger partial charge in [-0.25, -0.2) is 0 Å². The van der Waals surface area contributed by atoms with Crippen LogP contribution in [0.25, 0.3) is 0 Å². The molecule has 0 aromatic heterocycles. The number of allylic oxidation sites excluding steroid dienone is 4. The number of hydrogen-bond acceptors (Lipinski definition) is 4. The van der Waals surface area contributed by atoms with Gasteiger partial charge in [0.25, 0.3) is 0 Å². The summed E-state index contributed by atoms with van der Waals surface area (Å²) in [7, 11) is 0. The normalized spacial score (nSPS) is 11.2. The number of carbonyl (C=O) groups excluding carboxylic acids is 2. The van der Waals surface area contributed by atoms with Crippen molar-refractivity contribution in [3.05, 3.63) is 59.7 Å². The van der Waals surface area contributed by atoms with Gasteiger partial charge in [0.1, 0.15) is 0 Å². The number of esters is 2. The van der Waals surface area contributed by atoms with E-state index in [2.05, 4.69) is 48.6 Å². The molecule has 0 atom stereocenters. The van der Waals surface area contributed by atoms with Gasteiger partial charge in [-0.1, -0.05) is 48.6 Å². The van der Waals surface area contributed by atoms with Crippen molar-refractivity contribution in [2.24, 2.45) is 0 Å². The molecular formula is C24H34O4. The lowest BCUT2D eigenvalue weighted by Crippen LogP contribution is -2.02. The predicted molar refractivity (Wildman–Crippen MR) is 113 cm³/mol. The zero-order chi connectivity index (χ0) is 20.5. The SMILES string of the molecule is CCOC(=O)CCC=CCCc1ccc(CCC=CCCC(=O)OCC)cc1. The van der Waals surface area contributed by atoms with E-state index in [0.29, 0.717) is 26.1 Å². The summed E-state index contributed by atoms with van der Waals surface area (Å²) in [4.78, 5) is 22.5. The Kier molecular flexibility index (Phi) is 13.3. The van der Waals surface area contributed by atoms with Gasteiger partial charge >= 0.3 is 11.9 Å². The second kappa shape index (κ2) is 15.7. The minimum Gasteiger partial charge on any atom is -0.466 e. The number of rotatable bonds is 14. The highest BCUT2D eigenvalue weighted by atomic mass is 16.5. The van der Waals surface area contributed by atoms with E-state index in [9.17, 15) is 9.59 Å². The van der Waals surface area contributed by atoms with Gasteiger partial charge in [-0.15, -0.1) is 0 Å². The van der Waals surface area contributed by atoms with E-state index < -0.39 is 0 Å². The molecule has 0 heterocycles. The average Bonchev–Trinajstić information content (AvgIpc) is 2.68. The monoisotopic (exact) mass is 386 g/mol. The molecule has 154 valence electrons. The fourth-order valence-corrected chi connectivity index (χ4v) is 2.71. The van der Waals surface area contributed by atoms with Crippen molar-refractivity contribution in [2.75, 3.05) is 13.2 Å². The quantitative estimate of drug-likeness (QED) is 0.319. The van der Waals surface area contributed by atoms with Crippen molar-refractivity contribution in [1.29, 1.82) is 0 Å². The van der Waals surface area contributed by atoms with Gasteiger partial charge < -0.3 is 9.47 Å². The van der Waals surface area contributed by atoms with Crippen LogP contribution in [0.4, 0.5) is 0 Å². The summed E-state index contributed by atoms with van der Waals surface area (Å²) in [5.41, 5.74) is 2.65. The van der Waals surface area contributed by atoms with Crippen molar-refractivity contribution < 1.29 is 19.1 Å². The summed E-state index contributed by atoms with van der Waals surface area (Å²) >= 11 is 0. The molecule has 4 heteroatoms. The molecule has 0 spiro atoms. The number of ether oxygens (including phenoxy) is 2. The van der Waals surface area contributed by atoms with Crippen LogP contribution in [0.1, 0.15) is 63.5 Å². The molecule has 0 aliphatic heterocycles. The Morgan fingerprint density at radius 1 is 0.679 bits per heavy atom. The summed E-state index contributed by atoms with van der Waals surface area (Å²) in [6, 6.07) is 8.75. The molecule has 0 saturated heterocycles. The van der Waals surface area contributed by atoms with E-state index in [1.807, 2.05) is 13.8 Å². The van der Waals surface area contributed by atoms with E-state index in [4.69, 9.17) is 9.47 Å². The van der Waals surface area contributed by atoms with Crippen LogP contribution in [-0.4, -0.2) is 25.2 Å². The fourth-order valence-electron chi connectivity index (χ4n) is 2.71. The van der Waals surface area contributed by atoms with Crippen molar-refractivity contribution in [3.8, 4) is 0 Å². The standard InChI is InChI=1S/C24H34O4/c1-3-27-23(25)15-11-7-5-9-13-21-17-19-22(20-18-21)14-10-6-8-12-16-24(26)28-4-2/h5-8,17-20H,3-4,9-16H2,1-2H3. The number of hydrogen-bond donors (Lipinski definition) is 0. The molecule has 0 amide bonds. The summed E-state index contributed by atoms with van der Waals surface area (Å²) in [5.74, 6) is -0.256. The summed E-state index contributed by atoms with van der Waals surface area (Å²) in [6.45, 7) is 4.54. The van der Waals surface area contributed by atoms with Crippen LogP contribution in [-0.2, 0) is 31.9 Å². The van der Waals surface area contributed by atoms with Crippen LogP contribution in [0, 0.1) is 0 Å². The Morgan fingerprint density at radius 2 is 1.04 bits per heavy atom. The van der Waals surface area contributed by atoms with E-state index in [1.54, 1.807) is 0 Å². The molecule has 28 heavy (non-hydrogen) atoms. The van der Waals surface area contributed by atoms with Crippen molar-refractivity contribution in [1.82, 2.24) is 0 Å². The Hall–Kier alpha value is -2.36. The Labute approximate surface area is 169 Å². The second-order valence-corrected chi connectivity index (χ2v) is 6.52. The first-order valence-corrected chi connectivity index (χ1v) is 10.3. The second-order valence-electron chi connectivity index (χ2n) is 6.52. The molecule has 0 aliphatic rings. The van der Waals surface area contributed by atoms with Gasteiger partial charge in [-0.2, -0.15) is 0 Å². The number of aryl methyl sites for hydroxylation is 2. The largest absolute Gasteiger partial charge is 0.466 e. The third kappa shape index (κ3) is 12.1. The summed E-state index contributed by atoms with van der Waals surface area (Å²) in [5, 5.41) is 0. The fraction of sp³-hybridized carbons (Fsp3) is 0.500. The van der Waals surface area contributed by atoms with Crippen LogP contribution in [0.2, 0.25) is 0 Å². The zero-order valence-electron chi connectivity index (χ0n) is 17.3. The summed E-state index contributed by atoms with van der Waals surface area (Å²) in [6.07, 6.45) is 14.7. The van der Waals surface area contributed by atoms with E-state index in [0.717, 1.165) is 38.5 Å². The molecule has 1 aromatic carbocycles. The molecule has 0 fully saturated rings. The van der Waals surface area contributed by atoms with Crippen LogP contribution >= 0.6 is 0 Å². The minimum atomic E-state index is -0.128. The van der Waals surface area contributed by atoms with E-state index >= 15 is 0 Å². The van der Waals surface area contributed by atoms with Gasteiger partial charge in [0.2, 0.25) is 0 Å². The third-order valence-electron chi connectivity index (χ3n) is 4.20. The topological polar surface area (TPSA) is 52.6 Å². The van der Waals surface area contributed by atoms with Gasteiger partial charge in [-0.3, -0.25) is 9.59 Å². The molecule has 0 saturated carbocycles. The lowest BCUT2D eigenvalue weighted by molar-refractivity contribution is -0.143. The highest BCUT2D eigenvalue weighted by Crippen LogP contribution is 2.10. The summed E-state index contributed by atoms with van der Waals surface area (Å²) < 4.78 is 9.80. The first-order chi connectivity index (χ1) is 13.7. The van der Waals surface area contributed by atoms with Crippen molar-refractivity contribution in [3.63, 3.8) is 0 Å². The molecule has 4 nitrogen and oxygen atoms in total. The molecule has 0 radical (unpaired) electrons. The maximum absolute atomic E-state index is 11.2. The number of carbonyl (C=O) groups is 2. The van der Waals surface area contributed by atoms with Crippen molar-refractivity contribution >= 4 is 11.9 Å². The lowest BCUT2D eigenvalue weighted by atomic mass is 10.0. The van der Waals surface area contributed by atoms with E-state index in [-0.39, 0.29) is 11.9 Å². The first kappa shape index (κ1) is 23.7. The van der Waals surface area contributed by atoms with Crippen LogP contribution < -0.4 is 0 Å². The average molecular weight is 387 g/mol. The maximum atomic E-state index is 11.2. The third-order valence-corrected chi connectivity index (χ3v) is 4.20. The Morgan fingerprint density at radius 3 is 1.39 bits per heavy atom. The molecule has 0 unspecified atom stereocenters. The van der Waals surface area contributed by atoms with Crippen LogP contribution in [0.5, 0.6) is 0 Å². The first-order valence-electron chi connectivity index (χ1n) is 10.3. The van der Waals surface area contributed by atoms with Crippen molar-refractivity contribution in [2.45, 2.75) is 65.2 Å². The lowest BCUT2D eigenvalue weighted by Gasteiger charge is -2.02. The smallest absolute Gasteiger partial charge is 0.306 e. The highest BCUT2D eigenvalue weighted by molar-refractivity contribution is 5.69. The molecule has 0 aliphatic carbocycles. The molecule has 1 aromatic rings. The van der Waals surface area contributed by atoms with Gasteiger partial charge in [0, 0.05) is 12.8 Å². The van der Waals surface area contributed by atoms with Crippen LogP contribution in [0.15, 0.2) is 48.6 Å². The van der Waals surface area contributed by atoms with E-state index in [1.165, 1.54) is 11.1 Å². The van der Waals surface area contributed by atoms with Crippen LogP contribution in [0.3, 0.4) is 0 Å². The molecule has 0 bridgehead atoms. The van der Waals surface area contributed by atoms with Gasteiger partial charge in [0.05, 0.1) is 13.2 Å². The molecular weight excluding hydrogens is 352 g/mol. The molecule has 1 rings (SSSR count). The highest BCUT2D eigenvalue weighted by Gasteiger charge is 1.99. The zero-order valence-corrected chi connectivity index (χ0v) is 17.3. The molecule has 0 N–H and O–H groups in total. The van der Waals surface area contributed by atoms with Gasteiger partial charge in [0.15, 0.2) is 0 Å². The minimum absolute atomic E-state index is 0.128. The Balaban J connectivity index is 2.16.